The Balaban J connectivity index is 3.72. The fourth-order valence-electron chi connectivity index (χ4n) is 1.52. The smallest absolute Gasteiger partial charge is 0.0493 e. The van der Waals surface area contributed by atoms with Gasteiger partial charge in [0.25, 0.3) is 0 Å². The predicted molar refractivity (Wildman–Crippen MR) is 51.3 cm³/mol. The molecule has 74 valence electrons. The van der Waals surface area contributed by atoms with E-state index in [4.69, 9.17) is 9.47 Å². The van der Waals surface area contributed by atoms with Crippen molar-refractivity contribution in [2.75, 3.05) is 27.4 Å². The van der Waals surface area contributed by atoms with Crippen LogP contribution in [-0.2, 0) is 9.47 Å². The van der Waals surface area contributed by atoms with Gasteiger partial charge in [-0.3, -0.25) is 0 Å². The van der Waals surface area contributed by atoms with Crippen LogP contribution in [0.15, 0.2) is 0 Å². The van der Waals surface area contributed by atoms with Gasteiger partial charge >= 0.3 is 0 Å². The first-order chi connectivity index (χ1) is 5.76. The van der Waals surface area contributed by atoms with Gasteiger partial charge < -0.3 is 9.47 Å². The summed E-state index contributed by atoms with van der Waals surface area (Å²) < 4.78 is 10.3. The molecule has 0 saturated carbocycles. The maximum absolute atomic E-state index is 5.17. The second-order valence-corrected chi connectivity index (χ2v) is 3.44. The number of hydrogen-bond donors (Lipinski definition) is 0. The van der Waals surface area contributed by atoms with E-state index < -0.39 is 0 Å². The van der Waals surface area contributed by atoms with Gasteiger partial charge in [0.15, 0.2) is 0 Å². The Labute approximate surface area is 76.3 Å². The lowest BCUT2D eigenvalue weighted by Gasteiger charge is -2.21. The van der Waals surface area contributed by atoms with Crippen molar-refractivity contribution in [1.82, 2.24) is 0 Å². The molecular weight excluding hydrogens is 152 g/mol. The summed E-state index contributed by atoms with van der Waals surface area (Å²) in [6.07, 6.45) is 2.46. The second kappa shape index (κ2) is 7.56. The Kier molecular flexibility index (Phi) is 7.51. The molecule has 0 spiro atoms. The molecule has 0 aromatic heterocycles. The normalized spacial score (nSPS) is 16.0. The molecule has 0 bridgehead atoms. The Bertz CT molecular complexity index is 87.8. The molecule has 0 rings (SSSR count). The van der Waals surface area contributed by atoms with Crippen LogP contribution in [-0.4, -0.2) is 27.4 Å². The fraction of sp³-hybridized carbons (Fsp3) is 1.00. The highest BCUT2D eigenvalue weighted by molar-refractivity contribution is 4.64. The van der Waals surface area contributed by atoms with Crippen molar-refractivity contribution in [3.05, 3.63) is 0 Å². The summed E-state index contributed by atoms with van der Waals surface area (Å²) in [5.41, 5.74) is 0. The van der Waals surface area contributed by atoms with Gasteiger partial charge in [0.05, 0.1) is 0 Å². The molecule has 0 fully saturated rings. The number of hydrogen-bond acceptors (Lipinski definition) is 2. The fourth-order valence-corrected chi connectivity index (χ4v) is 1.52. The van der Waals surface area contributed by atoms with Gasteiger partial charge in [0.2, 0.25) is 0 Å². The summed E-state index contributed by atoms with van der Waals surface area (Å²) in [6.45, 7) is 6.14. The molecule has 0 aliphatic heterocycles. The van der Waals surface area contributed by atoms with Crippen LogP contribution in [0.1, 0.15) is 26.7 Å². The minimum Gasteiger partial charge on any atom is -0.384 e. The van der Waals surface area contributed by atoms with Crippen molar-refractivity contribution in [3.8, 4) is 0 Å². The minimum absolute atomic E-state index is 0.606. The first kappa shape index (κ1) is 11.9. The quantitative estimate of drug-likeness (QED) is 0.589. The van der Waals surface area contributed by atoms with E-state index in [0.29, 0.717) is 11.8 Å². The number of methoxy groups -OCH3 is 2. The molecule has 2 atom stereocenters. The molecule has 0 aliphatic rings. The van der Waals surface area contributed by atoms with Crippen LogP contribution in [0.25, 0.3) is 0 Å². The maximum atomic E-state index is 5.17. The van der Waals surface area contributed by atoms with Gasteiger partial charge in [-0.2, -0.15) is 0 Å². The highest BCUT2D eigenvalue weighted by Gasteiger charge is 2.15. The molecule has 0 aliphatic carbocycles. The molecule has 0 N–H and O–H groups in total. The Morgan fingerprint density at radius 3 is 2.08 bits per heavy atom. The molecule has 0 radical (unpaired) electrons. The lowest BCUT2D eigenvalue weighted by Crippen LogP contribution is -2.20. The lowest BCUT2D eigenvalue weighted by atomic mass is 9.91. The van der Waals surface area contributed by atoms with Crippen LogP contribution in [0.4, 0.5) is 0 Å². The third kappa shape index (κ3) is 4.73. The van der Waals surface area contributed by atoms with E-state index in [9.17, 15) is 0 Å². The Morgan fingerprint density at radius 1 is 1.08 bits per heavy atom. The van der Waals surface area contributed by atoms with Gasteiger partial charge in [-0.15, -0.1) is 0 Å². The predicted octanol–water partition coefficient (Wildman–Crippen LogP) is 2.33. The third-order valence-corrected chi connectivity index (χ3v) is 2.27. The van der Waals surface area contributed by atoms with Crippen molar-refractivity contribution in [1.29, 1.82) is 0 Å². The molecule has 2 nitrogen and oxygen atoms in total. The van der Waals surface area contributed by atoms with E-state index in [2.05, 4.69) is 13.8 Å². The average molecular weight is 174 g/mol. The van der Waals surface area contributed by atoms with E-state index in [1.54, 1.807) is 14.2 Å². The summed E-state index contributed by atoms with van der Waals surface area (Å²) in [4.78, 5) is 0. The van der Waals surface area contributed by atoms with Crippen LogP contribution in [0.5, 0.6) is 0 Å². The monoisotopic (exact) mass is 174 g/mol. The van der Waals surface area contributed by atoms with Gasteiger partial charge in [0.1, 0.15) is 0 Å². The van der Waals surface area contributed by atoms with Gasteiger partial charge in [-0.05, 0) is 18.3 Å². The average Bonchev–Trinajstić information content (AvgIpc) is 2.04. The van der Waals surface area contributed by atoms with Gasteiger partial charge in [0, 0.05) is 27.4 Å². The van der Waals surface area contributed by atoms with Crippen LogP contribution < -0.4 is 0 Å². The zero-order valence-corrected chi connectivity index (χ0v) is 8.80. The largest absolute Gasteiger partial charge is 0.384 e. The van der Waals surface area contributed by atoms with Gasteiger partial charge in [-0.1, -0.05) is 20.3 Å². The first-order valence-corrected chi connectivity index (χ1v) is 4.74. The van der Waals surface area contributed by atoms with Gasteiger partial charge in [-0.25, -0.2) is 0 Å². The maximum Gasteiger partial charge on any atom is 0.0493 e. The van der Waals surface area contributed by atoms with Crippen molar-refractivity contribution in [2.45, 2.75) is 26.7 Å². The molecule has 0 saturated heterocycles. The molecule has 2 unspecified atom stereocenters. The standard InChI is InChI=1S/C10H22O2/c1-5-6-10(8-12-4)9(2)7-11-3/h9-10H,5-8H2,1-4H3. The molecule has 0 heterocycles. The molecule has 0 aromatic carbocycles. The lowest BCUT2D eigenvalue weighted by molar-refractivity contribution is 0.0732. The highest BCUT2D eigenvalue weighted by atomic mass is 16.5. The van der Waals surface area contributed by atoms with Crippen molar-refractivity contribution in [2.24, 2.45) is 11.8 Å². The molecule has 12 heavy (non-hydrogen) atoms. The Morgan fingerprint density at radius 2 is 1.67 bits per heavy atom. The van der Waals surface area contributed by atoms with E-state index >= 15 is 0 Å². The van der Waals surface area contributed by atoms with Crippen LogP contribution in [0.2, 0.25) is 0 Å². The van der Waals surface area contributed by atoms with Crippen LogP contribution >= 0.6 is 0 Å². The van der Waals surface area contributed by atoms with Crippen LogP contribution in [0.3, 0.4) is 0 Å². The summed E-state index contributed by atoms with van der Waals surface area (Å²) in [6, 6.07) is 0. The topological polar surface area (TPSA) is 18.5 Å². The number of rotatable bonds is 7. The zero-order chi connectivity index (χ0) is 9.40. The third-order valence-electron chi connectivity index (χ3n) is 2.27. The summed E-state index contributed by atoms with van der Waals surface area (Å²) in [7, 11) is 3.52. The SMILES string of the molecule is CCCC(COC)C(C)COC. The summed E-state index contributed by atoms with van der Waals surface area (Å²) in [5.74, 6) is 1.26. The molecule has 0 aromatic rings. The van der Waals surface area contributed by atoms with Crippen molar-refractivity contribution in [3.63, 3.8) is 0 Å². The summed E-state index contributed by atoms with van der Waals surface area (Å²) in [5, 5.41) is 0. The first-order valence-electron chi connectivity index (χ1n) is 4.74. The minimum atomic E-state index is 0.606. The molecular formula is C10H22O2. The van der Waals surface area contributed by atoms with Crippen molar-refractivity contribution >= 4 is 0 Å². The molecule has 2 heteroatoms. The number of ether oxygens (including phenoxy) is 2. The van der Waals surface area contributed by atoms with E-state index in [1.165, 1.54) is 12.8 Å². The van der Waals surface area contributed by atoms with Crippen LogP contribution in [0, 0.1) is 11.8 Å². The molecule has 0 amide bonds. The highest BCUT2D eigenvalue weighted by Crippen LogP contribution is 2.17. The zero-order valence-electron chi connectivity index (χ0n) is 8.80. The van der Waals surface area contributed by atoms with E-state index in [-0.39, 0.29) is 0 Å². The second-order valence-electron chi connectivity index (χ2n) is 3.44. The van der Waals surface area contributed by atoms with E-state index in [1.807, 2.05) is 0 Å². The summed E-state index contributed by atoms with van der Waals surface area (Å²) >= 11 is 0. The Hall–Kier alpha value is -0.0800. The van der Waals surface area contributed by atoms with E-state index in [0.717, 1.165) is 13.2 Å². The van der Waals surface area contributed by atoms with Crippen molar-refractivity contribution < 1.29 is 9.47 Å².